The molecule has 7 nitrogen and oxygen atoms in total. The maximum Gasteiger partial charge on any atom is 0.223 e. The molecular weight excluding hydrogens is 292 g/mol. The lowest BCUT2D eigenvalue weighted by molar-refractivity contribution is 0.382. The number of benzene rings is 1. The van der Waals surface area contributed by atoms with E-state index >= 15 is 0 Å². The first-order valence-corrected chi connectivity index (χ1v) is 7.92. The molecule has 2 atom stereocenters. The summed E-state index contributed by atoms with van der Waals surface area (Å²) in [6.07, 6.45) is 4.18. The molecule has 3 aromatic rings. The average Bonchev–Trinajstić information content (AvgIpc) is 3.01. The van der Waals surface area contributed by atoms with Gasteiger partial charge in [-0.05, 0) is 31.4 Å². The van der Waals surface area contributed by atoms with Gasteiger partial charge in [-0.3, -0.25) is 0 Å². The standard InChI is InChI=1S/C16H20N6O/c1-23-12-7-3-6-11-13(12)19-16(18)22-15(11)20-14(21-22)9-4-2-5-10(17)8-9/h3,6-7,9-10H,2,4-5,8,17H2,1H3,(H2,18,19)/t9-,10+/m1/s1. The number of aromatic nitrogens is 4. The summed E-state index contributed by atoms with van der Waals surface area (Å²) in [7, 11) is 1.62. The number of nitrogens with zero attached hydrogens (tertiary/aromatic N) is 4. The number of hydrogen-bond donors (Lipinski definition) is 2. The molecule has 0 aliphatic heterocycles. The van der Waals surface area contributed by atoms with Gasteiger partial charge in [0.25, 0.3) is 0 Å². The van der Waals surface area contributed by atoms with Crippen molar-refractivity contribution in [1.82, 2.24) is 19.6 Å². The maximum absolute atomic E-state index is 6.10. The number of hydrogen-bond acceptors (Lipinski definition) is 6. The summed E-state index contributed by atoms with van der Waals surface area (Å²) >= 11 is 0. The van der Waals surface area contributed by atoms with Gasteiger partial charge in [-0.15, -0.1) is 5.10 Å². The van der Waals surface area contributed by atoms with Crippen LogP contribution < -0.4 is 16.2 Å². The third-order valence-corrected chi connectivity index (χ3v) is 4.61. The molecule has 0 amide bonds. The first-order valence-electron chi connectivity index (χ1n) is 7.92. The van der Waals surface area contributed by atoms with E-state index in [-0.39, 0.29) is 6.04 Å². The van der Waals surface area contributed by atoms with Gasteiger partial charge in [-0.1, -0.05) is 12.5 Å². The van der Waals surface area contributed by atoms with Crippen molar-refractivity contribution < 1.29 is 4.74 Å². The van der Waals surface area contributed by atoms with Gasteiger partial charge in [0.05, 0.1) is 7.11 Å². The Bertz CT molecular complexity index is 874. The van der Waals surface area contributed by atoms with Gasteiger partial charge < -0.3 is 16.2 Å². The second-order valence-electron chi connectivity index (χ2n) is 6.16. The van der Waals surface area contributed by atoms with Gasteiger partial charge in [0.2, 0.25) is 5.95 Å². The van der Waals surface area contributed by atoms with Gasteiger partial charge in [0, 0.05) is 17.3 Å². The molecule has 2 heterocycles. The minimum atomic E-state index is 0.229. The number of fused-ring (bicyclic) bond motifs is 3. The fraction of sp³-hybridized carbons (Fsp3) is 0.438. The van der Waals surface area contributed by atoms with Crippen molar-refractivity contribution in [1.29, 1.82) is 0 Å². The van der Waals surface area contributed by atoms with Crippen molar-refractivity contribution in [2.45, 2.75) is 37.6 Å². The zero-order chi connectivity index (χ0) is 16.0. The van der Waals surface area contributed by atoms with Crippen LogP contribution in [-0.4, -0.2) is 32.7 Å². The highest BCUT2D eigenvalue weighted by molar-refractivity contribution is 5.95. The summed E-state index contributed by atoms with van der Waals surface area (Å²) in [5, 5.41) is 5.48. The Labute approximate surface area is 133 Å². The highest BCUT2D eigenvalue weighted by atomic mass is 16.5. The Kier molecular flexibility index (Phi) is 3.30. The van der Waals surface area contributed by atoms with Crippen LogP contribution in [0.15, 0.2) is 18.2 Å². The molecule has 4 rings (SSSR count). The van der Waals surface area contributed by atoms with E-state index in [4.69, 9.17) is 21.2 Å². The van der Waals surface area contributed by atoms with E-state index in [9.17, 15) is 0 Å². The molecule has 2 aromatic heterocycles. The fourth-order valence-corrected chi connectivity index (χ4v) is 3.44. The monoisotopic (exact) mass is 312 g/mol. The molecule has 1 fully saturated rings. The van der Waals surface area contributed by atoms with Crippen LogP contribution in [0.3, 0.4) is 0 Å². The normalized spacial score (nSPS) is 21.8. The summed E-state index contributed by atoms with van der Waals surface area (Å²) in [6, 6.07) is 5.98. The van der Waals surface area contributed by atoms with Crippen molar-refractivity contribution in [3.05, 3.63) is 24.0 Å². The SMILES string of the molecule is COc1cccc2c1nc(N)n1nc([C@@H]3CCC[C@H](N)C3)nc21. The van der Waals surface area contributed by atoms with Crippen LogP contribution in [0.5, 0.6) is 5.75 Å². The van der Waals surface area contributed by atoms with E-state index in [1.165, 1.54) is 0 Å². The summed E-state index contributed by atoms with van der Waals surface area (Å²) in [4.78, 5) is 9.19. The Hall–Kier alpha value is -2.41. The summed E-state index contributed by atoms with van der Waals surface area (Å²) < 4.78 is 7.00. The molecule has 1 aromatic carbocycles. The molecule has 1 aliphatic carbocycles. The second kappa shape index (κ2) is 5.34. The van der Waals surface area contributed by atoms with Crippen molar-refractivity contribution in [2.24, 2.45) is 5.73 Å². The second-order valence-corrected chi connectivity index (χ2v) is 6.16. The summed E-state index contributed by atoms with van der Waals surface area (Å²) in [6.45, 7) is 0. The quantitative estimate of drug-likeness (QED) is 0.748. The number of para-hydroxylation sites is 1. The van der Waals surface area contributed by atoms with E-state index in [1.807, 2.05) is 18.2 Å². The Morgan fingerprint density at radius 3 is 2.91 bits per heavy atom. The van der Waals surface area contributed by atoms with E-state index in [0.29, 0.717) is 23.1 Å². The first kappa shape index (κ1) is 14.2. The Morgan fingerprint density at radius 1 is 1.26 bits per heavy atom. The van der Waals surface area contributed by atoms with Crippen molar-refractivity contribution in [3.63, 3.8) is 0 Å². The molecule has 0 unspecified atom stereocenters. The highest BCUT2D eigenvalue weighted by Gasteiger charge is 2.25. The third kappa shape index (κ3) is 2.28. The molecule has 0 bridgehead atoms. The topological polar surface area (TPSA) is 104 Å². The van der Waals surface area contributed by atoms with Crippen molar-refractivity contribution in [2.75, 3.05) is 12.8 Å². The van der Waals surface area contributed by atoms with Crippen LogP contribution in [0, 0.1) is 0 Å². The van der Waals surface area contributed by atoms with Gasteiger partial charge in [-0.25, -0.2) is 9.97 Å². The number of methoxy groups -OCH3 is 1. The van der Waals surface area contributed by atoms with Crippen LogP contribution in [-0.2, 0) is 0 Å². The van der Waals surface area contributed by atoms with Gasteiger partial charge >= 0.3 is 0 Å². The smallest absolute Gasteiger partial charge is 0.223 e. The minimum absolute atomic E-state index is 0.229. The molecule has 4 N–H and O–H groups in total. The molecule has 7 heteroatoms. The van der Waals surface area contributed by atoms with Crippen LogP contribution in [0.2, 0.25) is 0 Å². The largest absolute Gasteiger partial charge is 0.494 e. The highest BCUT2D eigenvalue weighted by Crippen LogP contribution is 2.32. The first-order chi connectivity index (χ1) is 11.2. The number of nitrogens with two attached hydrogens (primary N) is 2. The third-order valence-electron chi connectivity index (χ3n) is 4.61. The number of nitrogen functional groups attached to an aromatic ring is 1. The minimum Gasteiger partial charge on any atom is -0.494 e. The van der Waals surface area contributed by atoms with Gasteiger partial charge in [-0.2, -0.15) is 4.52 Å². The lowest BCUT2D eigenvalue weighted by Crippen LogP contribution is -2.27. The molecule has 120 valence electrons. The zero-order valence-electron chi connectivity index (χ0n) is 13.1. The predicted octanol–water partition coefficient (Wildman–Crippen LogP) is 1.85. The molecule has 23 heavy (non-hydrogen) atoms. The lowest BCUT2D eigenvalue weighted by Gasteiger charge is -2.24. The number of ether oxygens (including phenoxy) is 1. The molecule has 1 saturated carbocycles. The average molecular weight is 312 g/mol. The predicted molar refractivity (Wildman–Crippen MR) is 88.4 cm³/mol. The zero-order valence-corrected chi connectivity index (χ0v) is 13.1. The molecular formula is C16H20N6O. The molecule has 1 aliphatic rings. The van der Waals surface area contributed by atoms with Gasteiger partial charge in [0.1, 0.15) is 11.3 Å². The van der Waals surface area contributed by atoms with Gasteiger partial charge in [0.15, 0.2) is 11.5 Å². The number of anilines is 1. The van der Waals surface area contributed by atoms with Crippen LogP contribution in [0.25, 0.3) is 16.6 Å². The van der Waals surface area contributed by atoms with Crippen LogP contribution >= 0.6 is 0 Å². The maximum atomic E-state index is 6.10. The van der Waals surface area contributed by atoms with E-state index in [1.54, 1.807) is 11.6 Å². The fourth-order valence-electron chi connectivity index (χ4n) is 3.44. The Balaban J connectivity index is 1.90. The number of rotatable bonds is 2. The molecule has 0 saturated heterocycles. The summed E-state index contributed by atoms with van der Waals surface area (Å²) in [5.74, 6) is 2.10. The molecule has 0 spiro atoms. The van der Waals surface area contributed by atoms with Crippen LogP contribution in [0.4, 0.5) is 5.95 Å². The van der Waals surface area contributed by atoms with E-state index < -0.39 is 0 Å². The lowest BCUT2D eigenvalue weighted by atomic mass is 9.86. The van der Waals surface area contributed by atoms with Crippen molar-refractivity contribution >= 4 is 22.5 Å². The summed E-state index contributed by atoms with van der Waals surface area (Å²) in [5.41, 5.74) is 13.6. The van der Waals surface area contributed by atoms with E-state index in [0.717, 1.165) is 42.5 Å². The molecule has 0 radical (unpaired) electrons. The van der Waals surface area contributed by atoms with E-state index in [2.05, 4.69) is 10.1 Å². The van der Waals surface area contributed by atoms with Crippen LogP contribution in [0.1, 0.15) is 37.4 Å². The van der Waals surface area contributed by atoms with Crippen molar-refractivity contribution in [3.8, 4) is 5.75 Å². The Morgan fingerprint density at radius 2 is 2.13 bits per heavy atom.